The first-order chi connectivity index (χ1) is 9.86. The van der Waals surface area contributed by atoms with Crippen LogP contribution in [0.5, 0.6) is 11.5 Å². The van der Waals surface area contributed by atoms with Crippen molar-refractivity contribution in [2.45, 2.75) is 32.6 Å². The van der Waals surface area contributed by atoms with Crippen molar-refractivity contribution in [1.29, 1.82) is 0 Å². The molecule has 0 spiro atoms. The third-order valence-electron chi connectivity index (χ3n) is 3.38. The molecule has 0 fully saturated rings. The minimum Gasteiger partial charge on any atom is -0.493 e. The predicted molar refractivity (Wildman–Crippen MR) is 81.0 cm³/mol. The molecule has 3 rings (SSSR count). The third-order valence-corrected chi connectivity index (χ3v) is 3.38. The van der Waals surface area contributed by atoms with Gasteiger partial charge in [0.15, 0.2) is 5.75 Å². The van der Waals surface area contributed by atoms with E-state index < -0.39 is 0 Å². The first-order valence-electron chi connectivity index (χ1n) is 7.27. The van der Waals surface area contributed by atoms with Crippen LogP contribution < -0.4 is 9.47 Å². The Kier molecular flexibility index (Phi) is 3.86. The fraction of sp³-hybridized carbons (Fsp3) is 0.353. The van der Waals surface area contributed by atoms with E-state index in [2.05, 4.69) is 24.1 Å². The molecular weight excluding hydrogens is 250 g/mol. The molecule has 1 heterocycles. The van der Waals surface area contributed by atoms with Crippen molar-refractivity contribution in [3.05, 3.63) is 42.2 Å². The van der Waals surface area contributed by atoms with Gasteiger partial charge in [0.25, 0.3) is 0 Å². The van der Waals surface area contributed by atoms with E-state index in [1.165, 1.54) is 12.8 Å². The second-order valence-corrected chi connectivity index (χ2v) is 4.99. The topological polar surface area (TPSA) is 30.8 Å². The number of fused-ring (bicyclic) bond motifs is 2. The molecule has 0 unspecified atom stereocenters. The van der Waals surface area contributed by atoms with E-state index in [-0.39, 0.29) is 0 Å². The Morgan fingerprint density at radius 2 is 2.25 bits per heavy atom. The van der Waals surface area contributed by atoms with Gasteiger partial charge in [-0.05, 0) is 37.1 Å². The Morgan fingerprint density at radius 3 is 3.15 bits per heavy atom. The van der Waals surface area contributed by atoms with Gasteiger partial charge in [0.2, 0.25) is 0 Å². The van der Waals surface area contributed by atoms with Crippen LogP contribution in [0.25, 0.3) is 0 Å². The van der Waals surface area contributed by atoms with Gasteiger partial charge in [-0.25, -0.2) is 4.99 Å². The van der Waals surface area contributed by atoms with Crippen molar-refractivity contribution >= 4 is 11.4 Å². The molecule has 0 radical (unpaired) electrons. The number of hydrogen-bond donors (Lipinski definition) is 0. The SMILES string of the molecule is CCCCCOc1ccc2c(c1)OC1=CCC=CC1=N2. The maximum Gasteiger partial charge on any atom is 0.156 e. The summed E-state index contributed by atoms with van der Waals surface area (Å²) in [6.45, 7) is 2.95. The summed E-state index contributed by atoms with van der Waals surface area (Å²) in [6, 6.07) is 5.84. The molecule has 0 saturated carbocycles. The third kappa shape index (κ3) is 2.77. The van der Waals surface area contributed by atoms with Gasteiger partial charge >= 0.3 is 0 Å². The molecule has 1 aromatic rings. The van der Waals surface area contributed by atoms with E-state index in [1.807, 2.05) is 24.3 Å². The molecular formula is C17H19NO2. The fourth-order valence-corrected chi connectivity index (χ4v) is 2.28. The molecule has 104 valence electrons. The predicted octanol–water partition coefficient (Wildman–Crippen LogP) is 4.56. The van der Waals surface area contributed by atoms with Gasteiger partial charge in [-0.1, -0.05) is 25.8 Å². The molecule has 1 aromatic carbocycles. The molecule has 2 aliphatic rings. The Bertz CT molecular complexity index is 585. The number of aliphatic imine (C=N–C) groups is 1. The Hall–Kier alpha value is -2.03. The summed E-state index contributed by atoms with van der Waals surface area (Å²) in [5, 5.41) is 0. The van der Waals surface area contributed by atoms with E-state index >= 15 is 0 Å². The smallest absolute Gasteiger partial charge is 0.156 e. The van der Waals surface area contributed by atoms with E-state index in [0.717, 1.165) is 48.1 Å². The Balaban J connectivity index is 1.74. The van der Waals surface area contributed by atoms with Crippen LogP contribution in [-0.4, -0.2) is 12.3 Å². The highest BCUT2D eigenvalue weighted by Gasteiger charge is 2.18. The first-order valence-corrected chi connectivity index (χ1v) is 7.27. The number of nitrogens with zero attached hydrogens (tertiary/aromatic N) is 1. The van der Waals surface area contributed by atoms with Crippen LogP contribution in [0, 0.1) is 0 Å². The average Bonchev–Trinajstić information content (AvgIpc) is 2.49. The van der Waals surface area contributed by atoms with Crippen molar-refractivity contribution in [2.75, 3.05) is 6.61 Å². The highest BCUT2D eigenvalue weighted by Crippen LogP contribution is 2.37. The van der Waals surface area contributed by atoms with Crippen LogP contribution in [-0.2, 0) is 0 Å². The number of benzene rings is 1. The normalized spacial score (nSPS) is 15.7. The van der Waals surface area contributed by atoms with Gasteiger partial charge in [-0.2, -0.15) is 0 Å². The molecule has 0 aromatic heterocycles. The van der Waals surface area contributed by atoms with Crippen molar-refractivity contribution in [3.63, 3.8) is 0 Å². The molecule has 3 heteroatoms. The Labute approximate surface area is 119 Å². The summed E-state index contributed by atoms with van der Waals surface area (Å²) < 4.78 is 11.7. The lowest BCUT2D eigenvalue weighted by Crippen LogP contribution is -2.12. The van der Waals surface area contributed by atoms with Gasteiger partial charge in [0.1, 0.15) is 22.9 Å². The van der Waals surface area contributed by atoms with Gasteiger partial charge in [0.05, 0.1) is 6.61 Å². The number of hydrogen-bond acceptors (Lipinski definition) is 3. The minimum atomic E-state index is 0.757. The summed E-state index contributed by atoms with van der Waals surface area (Å²) in [7, 11) is 0. The van der Waals surface area contributed by atoms with Crippen LogP contribution in [0.4, 0.5) is 5.69 Å². The molecule has 0 atom stereocenters. The number of rotatable bonds is 5. The fourth-order valence-electron chi connectivity index (χ4n) is 2.28. The number of allylic oxidation sites excluding steroid dienone is 3. The van der Waals surface area contributed by atoms with E-state index in [9.17, 15) is 0 Å². The van der Waals surface area contributed by atoms with E-state index in [4.69, 9.17) is 9.47 Å². The van der Waals surface area contributed by atoms with Crippen molar-refractivity contribution < 1.29 is 9.47 Å². The average molecular weight is 269 g/mol. The van der Waals surface area contributed by atoms with Crippen molar-refractivity contribution in [2.24, 2.45) is 4.99 Å². The Morgan fingerprint density at radius 1 is 1.30 bits per heavy atom. The lowest BCUT2D eigenvalue weighted by atomic mass is 10.1. The molecule has 0 bridgehead atoms. The van der Waals surface area contributed by atoms with Gasteiger partial charge in [0, 0.05) is 6.07 Å². The highest BCUT2D eigenvalue weighted by molar-refractivity contribution is 6.10. The second kappa shape index (κ2) is 5.95. The molecule has 3 nitrogen and oxygen atoms in total. The van der Waals surface area contributed by atoms with Crippen LogP contribution in [0.1, 0.15) is 32.6 Å². The highest BCUT2D eigenvalue weighted by atomic mass is 16.5. The van der Waals surface area contributed by atoms with E-state index in [1.54, 1.807) is 0 Å². The lowest BCUT2D eigenvalue weighted by molar-refractivity contribution is 0.304. The zero-order chi connectivity index (χ0) is 13.8. The summed E-state index contributed by atoms with van der Waals surface area (Å²) in [4.78, 5) is 4.60. The molecule has 1 aliphatic heterocycles. The monoisotopic (exact) mass is 269 g/mol. The maximum atomic E-state index is 5.90. The second-order valence-electron chi connectivity index (χ2n) is 4.99. The van der Waals surface area contributed by atoms with E-state index in [0.29, 0.717) is 0 Å². The summed E-state index contributed by atoms with van der Waals surface area (Å²) in [6.07, 6.45) is 10.5. The minimum absolute atomic E-state index is 0.757. The molecule has 0 saturated heterocycles. The van der Waals surface area contributed by atoms with Gasteiger partial charge in [-0.3, -0.25) is 0 Å². The number of ether oxygens (including phenoxy) is 2. The molecule has 0 amide bonds. The molecule has 1 aliphatic carbocycles. The van der Waals surface area contributed by atoms with Crippen LogP contribution in [0.15, 0.2) is 47.2 Å². The maximum absolute atomic E-state index is 5.90. The van der Waals surface area contributed by atoms with Crippen LogP contribution >= 0.6 is 0 Å². The first kappa shape index (κ1) is 13.0. The molecule has 0 N–H and O–H groups in total. The zero-order valence-electron chi connectivity index (χ0n) is 11.8. The largest absolute Gasteiger partial charge is 0.493 e. The van der Waals surface area contributed by atoms with Crippen molar-refractivity contribution in [1.82, 2.24) is 0 Å². The van der Waals surface area contributed by atoms with Gasteiger partial charge in [-0.15, -0.1) is 0 Å². The molecule has 20 heavy (non-hydrogen) atoms. The zero-order valence-corrected chi connectivity index (χ0v) is 11.8. The van der Waals surface area contributed by atoms with Gasteiger partial charge < -0.3 is 9.47 Å². The lowest BCUT2D eigenvalue weighted by Gasteiger charge is -2.20. The van der Waals surface area contributed by atoms with Crippen LogP contribution in [0.2, 0.25) is 0 Å². The summed E-state index contributed by atoms with van der Waals surface area (Å²) >= 11 is 0. The standard InChI is InChI=1S/C17H19NO2/c1-2-3-6-11-19-13-9-10-15-17(12-13)20-16-8-5-4-7-14(16)18-15/h4,7-10,12H,2-3,5-6,11H2,1H3. The summed E-state index contributed by atoms with van der Waals surface area (Å²) in [5.41, 5.74) is 1.77. The number of unbranched alkanes of at least 4 members (excludes halogenated alkanes) is 2. The quantitative estimate of drug-likeness (QED) is 0.733. The summed E-state index contributed by atoms with van der Waals surface area (Å²) in [5.74, 6) is 2.48. The van der Waals surface area contributed by atoms with Crippen molar-refractivity contribution in [3.8, 4) is 11.5 Å². The van der Waals surface area contributed by atoms with Crippen LogP contribution in [0.3, 0.4) is 0 Å².